The molecule has 2 heteroatoms. The van der Waals surface area contributed by atoms with Crippen LogP contribution in [-0.2, 0) is 5.41 Å². The molecule has 0 saturated carbocycles. The molecule has 0 bridgehead atoms. The number of aliphatic hydroxyl groups excluding tert-OH is 1. The van der Waals surface area contributed by atoms with Crippen molar-refractivity contribution in [2.45, 2.75) is 39.2 Å². The van der Waals surface area contributed by atoms with Crippen LogP contribution in [0, 0.1) is 6.92 Å². The second-order valence-electron chi connectivity index (χ2n) is 5.72. The van der Waals surface area contributed by atoms with E-state index in [9.17, 15) is 5.11 Å². The van der Waals surface area contributed by atoms with Crippen LogP contribution in [0.2, 0.25) is 0 Å². The van der Waals surface area contributed by atoms with Gasteiger partial charge in [-0.15, -0.1) is 0 Å². The predicted octanol–water partition coefficient (Wildman–Crippen LogP) is 3.97. The maximum atomic E-state index is 10.2. The molecule has 0 aliphatic heterocycles. The van der Waals surface area contributed by atoms with Crippen molar-refractivity contribution < 1.29 is 9.52 Å². The molecule has 2 rings (SSSR count). The summed E-state index contributed by atoms with van der Waals surface area (Å²) in [6, 6.07) is 11.7. The van der Waals surface area contributed by atoms with E-state index in [1.54, 1.807) is 0 Å². The lowest BCUT2D eigenvalue weighted by Gasteiger charge is -2.19. The average Bonchev–Trinajstić information content (AvgIpc) is 2.74. The zero-order valence-corrected chi connectivity index (χ0v) is 11.4. The van der Waals surface area contributed by atoms with Gasteiger partial charge in [-0.2, -0.15) is 0 Å². The Balaban J connectivity index is 2.24. The van der Waals surface area contributed by atoms with Gasteiger partial charge in [-0.1, -0.05) is 45.0 Å². The van der Waals surface area contributed by atoms with Crippen molar-refractivity contribution in [3.63, 3.8) is 0 Å². The van der Waals surface area contributed by atoms with E-state index in [0.717, 1.165) is 11.3 Å². The fourth-order valence-electron chi connectivity index (χ4n) is 1.93. The van der Waals surface area contributed by atoms with Gasteiger partial charge in [0.2, 0.25) is 0 Å². The van der Waals surface area contributed by atoms with Crippen molar-refractivity contribution in [1.29, 1.82) is 0 Å². The number of rotatable bonds is 2. The Kier molecular flexibility index (Phi) is 3.31. The normalized spacial score (nSPS) is 13.6. The maximum Gasteiger partial charge on any atom is 0.137 e. The van der Waals surface area contributed by atoms with Crippen LogP contribution in [0.1, 0.15) is 49.5 Å². The van der Waals surface area contributed by atoms with Gasteiger partial charge in [0.1, 0.15) is 17.6 Å². The Hall–Kier alpha value is -1.54. The zero-order chi connectivity index (χ0) is 13.3. The molecule has 0 saturated heterocycles. The zero-order valence-electron chi connectivity index (χ0n) is 11.4. The average molecular weight is 244 g/mol. The lowest BCUT2D eigenvalue weighted by atomic mass is 9.86. The molecule has 2 nitrogen and oxygen atoms in total. The second kappa shape index (κ2) is 4.62. The molecule has 0 radical (unpaired) electrons. The van der Waals surface area contributed by atoms with Crippen LogP contribution < -0.4 is 0 Å². The molecule has 1 aromatic carbocycles. The summed E-state index contributed by atoms with van der Waals surface area (Å²) >= 11 is 0. The summed E-state index contributed by atoms with van der Waals surface area (Å²) in [5, 5.41) is 10.2. The highest BCUT2D eigenvalue weighted by molar-refractivity contribution is 5.31. The molecule has 0 spiro atoms. The quantitative estimate of drug-likeness (QED) is 0.867. The van der Waals surface area contributed by atoms with Crippen LogP contribution in [0.15, 0.2) is 40.8 Å². The molecule has 18 heavy (non-hydrogen) atoms. The van der Waals surface area contributed by atoms with Crippen LogP contribution in [0.25, 0.3) is 0 Å². The van der Waals surface area contributed by atoms with Crippen molar-refractivity contribution in [3.05, 3.63) is 59.0 Å². The molecule has 1 heterocycles. The lowest BCUT2D eigenvalue weighted by molar-refractivity contribution is 0.187. The van der Waals surface area contributed by atoms with Crippen molar-refractivity contribution in [1.82, 2.24) is 0 Å². The molecule has 0 amide bonds. The van der Waals surface area contributed by atoms with Crippen LogP contribution in [0.4, 0.5) is 0 Å². The van der Waals surface area contributed by atoms with Crippen molar-refractivity contribution >= 4 is 0 Å². The minimum absolute atomic E-state index is 0.130. The molecule has 0 unspecified atom stereocenters. The Morgan fingerprint density at radius 3 is 2.06 bits per heavy atom. The highest BCUT2D eigenvalue weighted by Gasteiger charge is 2.17. The van der Waals surface area contributed by atoms with E-state index in [1.165, 1.54) is 5.56 Å². The molecule has 1 aromatic heterocycles. The van der Waals surface area contributed by atoms with Crippen LogP contribution in [0.5, 0.6) is 0 Å². The third-order valence-electron chi connectivity index (χ3n) is 3.12. The van der Waals surface area contributed by atoms with Gasteiger partial charge in [0.15, 0.2) is 0 Å². The maximum absolute atomic E-state index is 10.2. The molecule has 1 atom stereocenters. The van der Waals surface area contributed by atoms with Gasteiger partial charge in [0.25, 0.3) is 0 Å². The second-order valence-corrected chi connectivity index (χ2v) is 5.72. The van der Waals surface area contributed by atoms with E-state index in [4.69, 9.17) is 4.42 Å². The van der Waals surface area contributed by atoms with Gasteiger partial charge in [-0.05, 0) is 35.6 Å². The van der Waals surface area contributed by atoms with Crippen LogP contribution in [-0.4, -0.2) is 5.11 Å². The third kappa shape index (κ3) is 2.65. The topological polar surface area (TPSA) is 33.4 Å². The van der Waals surface area contributed by atoms with Gasteiger partial charge in [-0.3, -0.25) is 0 Å². The number of hydrogen-bond donors (Lipinski definition) is 1. The molecule has 0 fully saturated rings. The van der Waals surface area contributed by atoms with Crippen molar-refractivity contribution in [3.8, 4) is 0 Å². The molecular formula is C16H20O2. The van der Waals surface area contributed by atoms with Crippen molar-refractivity contribution in [2.75, 3.05) is 0 Å². The minimum Gasteiger partial charge on any atom is -0.463 e. The Labute approximate surface area is 108 Å². The standard InChI is InChI=1S/C16H20O2/c1-11-5-10-14(18-11)15(17)12-6-8-13(9-7-12)16(2,3)4/h5-10,15,17H,1-4H3/t15-/m1/s1. The first-order valence-corrected chi connectivity index (χ1v) is 6.23. The first-order valence-electron chi connectivity index (χ1n) is 6.23. The highest BCUT2D eigenvalue weighted by atomic mass is 16.4. The van der Waals surface area contributed by atoms with Gasteiger partial charge in [0.05, 0.1) is 0 Å². The highest BCUT2D eigenvalue weighted by Crippen LogP contribution is 2.27. The van der Waals surface area contributed by atoms with Crippen LogP contribution in [0.3, 0.4) is 0 Å². The molecule has 2 aromatic rings. The number of furan rings is 1. The van der Waals surface area contributed by atoms with E-state index >= 15 is 0 Å². The van der Waals surface area contributed by atoms with E-state index in [0.29, 0.717) is 5.76 Å². The molecule has 0 aliphatic rings. The Morgan fingerprint density at radius 2 is 1.61 bits per heavy atom. The van der Waals surface area contributed by atoms with E-state index in [-0.39, 0.29) is 5.41 Å². The van der Waals surface area contributed by atoms with E-state index in [1.807, 2.05) is 31.2 Å². The van der Waals surface area contributed by atoms with Gasteiger partial charge < -0.3 is 9.52 Å². The van der Waals surface area contributed by atoms with Crippen LogP contribution >= 0.6 is 0 Å². The number of aliphatic hydroxyl groups is 1. The van der Waals surface area contributed by atoms with E-state index in [2.05, 4.69) is 32.9 Å². The summed E-state index contributed by atoms with van der Waals surface area (Å²) in [7, 11) is 0. The van der Waals surface area contributed by atoms with Gasteiger partial charge in [0, 0.05) is 0 Å². The summed E-state index contributed by atoms with van der Waals surface area (Å²) in [5.74, 6) is 1.41. The molecule has 96 valence electrons. The summed E-state index contributed by atoms with van der Waals surface area (Å²) in [6.07, 6.45) is -0.687. The van der Waals surface area contributed by atoms with Gasteiger partial charge >= 0.3 is 0 Å². The first kappa shape index (κ1) is 12.9. The Morgan fingerprint density at radius 1 is 1.00 bits per heavy atom. The Bertz CT molecular complexity index is 515. The fraction of sp³-hybridized carbons (Fsp3) is 0.375. The van der Waals surface area contributed by atoms with Gasteiger partial charge in [-0.25, -0.2) is 0 Å². The largest absolute Gasteiger partial charge is 0.463 e. The number of benzene rings is 1. The number of hydrogen-bond acceptors (Lipinski definition) is 2. The summed E-state index contributed by atoms with van der Waals surface area (Å²) in [5.41, 5.74) is 2.25. The molecule has 0 aliphatic carbocycles. The fourth-order valence-corrected chi connectivity index (χ4v) is 1.93. The first-order chi connectivity index (χ1) is 8.38. The minimum atomic E-state index is -0.687. The number of aryl methyl sites for hydroxylation is 1. The smallest absolute Gasteiger partial charge is 0.137 e. The predicted molar refractivity (Wildman–Crippen MR) is 72.6 cm³/mol. The molecule has 1 N–H and O–H groups in total. The van der Waals surface area contributed by atoms with Crippen molar-refractivity contribution in [2.24, 2.45) is 0 Å². The lowest BCUT2D eigenvalue weighted by Crippen LogP contribution is -2.11. The summed E-state index contributed by atoms with van der Waals surface area (Å²) < 4.78 is 5.45. The van der Waals surface area contributed by atoms with E-state index < -0.39 is 6.10 Å². The molecular weight excluding hydrogens is 224 g/mol. The summed E-state index contributed by atoms with van der Waals surface area (Å²) in [6.45, 7) is 8.40. The monoisotopic (exact) mass is 244 g/mol. The summed E-state index contributed by atoms with van der Waals surface area (Å²) in [4.78, 5) is 0. The SMILES string of the molecule is Cc1ccc([C@H](O)c2ccc(C(C)(C)C)cc2)o1. The third-order valence-corrected chi connectivity index (χ3v) is 3.12.